The Morgan fingerprint density at radius 3 is 2.30 bits per heavy atom. The Hall–Kier alpha value is -3.82. The number of carboxylic acids is 1. The number of urea groups is 1. The Kier molecular flexibility index (Phi) is 5.77. The minimum Gasteiger partial charge on any atom is -0.480 e. The summed E-state index contributed by atoms with van der Waals surface area (Å²) in [6, 6.07) is 10.9. The van der Waals surface area contributed by atoms with Gasteiger partial charge in [0.15, 0.2) is 0 Å². The van der Waals surface area contributed by atoms with E-state index >= 15 is 0 Å². The Morgan fingerprint density at radius 2 is 1.67 bits per heavy atom. The highest BCUT2D eigenvalue weighted by atomic mass is 19.4. The lowest BCUT2D eigenvalue weighted by atomic mass is 10.0. The topological polar surface area (TPSA) is 111 Å². The molecule has 156 valence electrons. The molecule has 0 saturated carbocycles. The standard InChI is InChI=1S/C20H16F3N3O4/c21-20(22,23)15-9-17(27)26-16-6-3-12(8-14(15)16)7-11-1-4-13(5-2-11)25-19(30)24-10-18(28)29/h1-6,8-9H,7,10H2,(H,26,27)(H,28,29)(H2,24,25,30). The number of hydrogen-bond acceptors (Lipinski definition) is 3. The molecule has 0 spiro atoms. The summed E-state index contributed by atoms with van der Waals surface area (Å²) in [4.78, 5) is 35.9. The van der Waals surface area contributed by atoms with Crippen molar-refractivity contribution < 1.29 is 27.9 Å². The zero-order valence-corrected chi connectivity index (χ0v) is 15.3. The summed E-state index contributed by atoms with van der Waals surface area (Å²) in [6.45, 7) is -0.517. The average Bonchev–Trinajstić information content (AvgIpc) is 2.67. The second kappa shape index (κ2) is 8.27. The molecular formula is C20H16F3N3O4. The summed E-state index contributed by atoms with van der Waals surface area (Å²) in [7, 11) is 0. The number of H-pyrrole nitrogens is 1. The third-order valence-corrected chi connectivity index (χ3v) is 4.23. The number of benzene rings is 2. The summed E-state index contributed by atoms with van der Waals surface area (Å²) >= 11 is 0. The third-order valence-electron chi connectivity index (χ3n) is 4.23. The van der Waals surface area contributed by atoms with Gasteiger partial charge in [0, 0.05) is 22.7 Å². The Bertz CT molecular complexity index is 1150. The third kappa shape index (κ3) is 5.16. The number of alkyl halides is 3. The van der Waals surface area contributed by atoms with Crippen molar-refractivity contribution in [3.8, 4) is 0 Å². The minimum absolute atomic E-state index is 0.0898. The van der Waals surface area contributed by atoms with Crippen LogP contribution in [-0.4, -0.2) is 28.6 Å². The van der Waals surface area contributed by atoms with Crippen LogP contribution in [0.4, 0.5) is 23.7 Å². The highest BCUT2D eigenvalue weighted by Crippen LogP contribution is 2.33. The Labute approximate surface area is 167 Å². The van der Waals surface area contributed by atoms with Gasteiger partial charge < -0.3 is 20.7 Å². The molecule has 0 aliphatic heterocycles. The summed E-state index contributed by atoms with van der Waals surface area (Å²) in [5.41, 5.74) is 0.111. The number of anilines is 1. The number of carbonyl (C=O) groups is 2. The monoisotopic (exact) mass is 419 g/mol. The van der Waals surface area contributed by atoms with Crippen molar-refractivity contribution in [2.45, 2.75) is 12.6 Å². The fourth-order valence-electron chi connectivity index (χ4n) is 2.92. The Morgan fingerprint density at radius 1 is 1.00 bits per heavy atom. The van der Waals surface area contributed by atoms with Crippen molar-refractivity contribution in [1.82, 2.24) is 10.3 Å². The van der Waals surface area contributed by atoms with E-state index in [9.17, 15) is 27.6 Å². The van der Waals surface area contributed by atoms with Crippen LogP contribution < -0.4 is 16.2 Å². The molecule has 0 bridgehead atoms. The van der Waals surface area contributed by atoms with Gasteiger partial charge in [0.1, 0.15) is 6.54 Å². The lowest BCUT2D eigenvalue weighted by Crippen LogP contribution is -2.33. The molecule has 1 heterocycles. The second-order valence-electron chi connectivity index (χ2n) is 6.50. The van der Waals surface area contributed by atoms with Crippen molar-refractivity contribution in [3.05, 3.63) is 75.6 Å². The van der Waals surface area contributed by atoms with E-state index in [4.69, 9.17) is 5.11 Å². The number of amides is 2. The van der Waals surface area contributed by atoms with Gasteiger partial charge in [0.2, 0.25) is 5.56 Å². The number of aromatic nitrogens is 1. The van der Waals surface area contributed by atoms with E-state index in [0.29, 0.717) is 23.7 Å². The number of fused-ring (bicyclic) bond motifs is 1. The lowest BCUT2D eigenvalue weighted by molar-refractivity contribution is -0.137. The smallest absolute Gasteiger partial charge is 0.417 e. The van der Waals surface area contributed by atoms with Gasteiger partial charge in [0.05, 0.1) is 5.56 Å². The predicted octanol–water partition coefficient (Wildman–Crippen LogP) is 3.34. The highest BCUT2D eigenvalue weighted by Gasteiger charge is 2.33. The van der Waals surface area contributed by atoms with E-state index in [1.165, 1.54) is 12.1 Å². The molecule has 3 rings (SSSR count). The van der Waals surface area contributed by atoms with Gasteiger partial charge >= 0.3 is 18.2 Å². The number of hydrogen-bond donors (Lipinski definition) is 4. The van der Waals surface area contributed by atoms with E-state index in [2.05, 4.69) is 15.6 Å². The summed E-state index contributed by atoms with van der Waals surface area (Å²) in [5.74, 6) is -1.17. The largest absolute Gasteiger partial charge is 0.480 e. The molecule has 0 saturated heterocycles. The van der Waals surface area contributed by atoms with Crippen LogP contribution in [0.25, 0.3) is 10.9 Å². The highest BCUT2D eigenvalue weighted by molar-refractivity contribution is 5.91. The number of carboxylic acid groups (broad SMARTS) is 1. The first-order chi connectivity index (χ1) is 14.1. The van der Waals surface area contributed by atoms with Crippen LogP contribution in [0, 0.1) is 0 Å². The molecule has 2 amide bonds. The number of carbonyl (C=O) groups excluding carboxylic acids is 1. The molecule has 30 heavy (non-hydrogen) atoms. The maximum absolute atomic E-state index is 13.3. The van der Waals surface area contributed by atoms with E-state index in [1.54, 1.807) is 30.3 Å². The normalized spacial score (nSPS) is 11.3. The zero-order chi connectivity index (χ0) is 21.9. The fraction of sp³-hybridized carbons (Fsp3) is 0.150. The van der Waals surface area contributed by atoms with Crippen LogP contribution in [-0.2, 0) is 17.4 Å². The molecule has 0 radical (unpaired) electrons. The van der Waals surface area contributed by atoms with Crippen molar-refractivity contribution in [3.63, 3.8) is 0 Å². The van der Waals surface area contributed by atoms with Gasteiger partial charge in [-0.3, -0.25) is 9.59 Å². The summed E-state index contributed by atoms with van der Waals surface area (Å²) < 4.78 is 39.8. The quantitative estimate of drug-likeness (QED) is 0.508. The van der Waals surface area contributed by atoms with Crippen LogP contribution in [0.2, 0.25) is 0 Å². The van der Waals surface area contributed by atoms with E-state index in [-0.39, 0.29) is 10.9 Å². The van der Waals surface area contributed by atoms with E-state index < -0.39 is 35.8 Å². The predicted molar refractivity (Wildman–Crippen MR) is 103 cm³/mol. The van der Waals surface area contributed by atoms with Crippen LogP contribution in [0.1, 0.15) is 16.7 Å². The number of aliphatic carboxylic acids is 1. The first kappa shape index (κ1) is 20.9. The van der Waals surface area contributed by atoms with Crippen LogP contribution in [0.15, 0.2) is 53.3 Å². The molecule has 0 aliphatic rings. The number of pyridine rings is 1. The zero-order valence-electron chi connectivity index (χ0n) is 15.3. The first-order valence-corrected chi connectivity index (χ1v) is 8.70. The lowest BCUT2D eigenvalue weighted by Gasteiger charge is -2.11. The van der Waals surface area contributed by atoms with Crippen LogP contribution >= 0.6 is 0 Å². The second-order valence-corrected chi connectivity index (χ2v) is 6.50. The summed E-state index contributed by atoms with van der Waals surface area (Å²) in [5, 5.41) is 13.1. The molecule has 3 aromatic rings. The van der Waals surface area contributed by atoms with Gasteiger partial charge in [-0.1, -0.05) is 18.2 Å². The maximum Gasteiger partial charge on any atom is 0.417 e. The van der Waals surface area contributed by atoms with Gasteiger partial charge in [-0.15, -0.1) is 0 Å². The van der Waals surface area contributed by atoms with E-state index in [0.717, 1.165) is 5.56 Å². The summed E-state index contributed by atoms with van der Waals surface area (Å²) in [6.07, 6.45) is -4.32. The van der Waals surface area contributed by atoms with Crippen LogP contribution in [0.5, 0.6) is 0 Å². The molecule has 0 fully saturated rings. The first-order valence-electron chi connectivity index (χ1n) is 8.70. The fourth-order valence-corrected chi connectivity index (χ4v) is 2.92. The molecule has 2 aromatic carbocycles. The number of rotatable bonds is 5. The number of nitrogens with one attached hydrogen (secondary N) is 3. The minimum atomic E-state index is -4.65. The molecule has 7 nitrogen and oxygen atoms in total. The van der Waals surface area contributed by atoms with Gasteiger partial charge in [-0.05, 0) is 41.8 Å². The molecule has 10 heteroatoms. The number of aromatic amines is 1. The molecule has 0 aliphatic carbocycles. The van der Waals surface area contributed by atoms with Crippen molar-refractivity contribution >= 4 is 28.6 Å². The van der Waals surface area contributed by atoms with Crippen molar-refractivity contribution in [1.29, 1.82) is 0 Å². The molecular weight excluding hydrogens is 403 g/mol. The van der Waals surface area contributed by atoms with E-state index in [1.807, 2.05) is 0 Å². The molecule has 0 atom stereocenters. The molecule has 0 unspecified atom stereocenters. The van der Waals surface area contributed by atoms with Gasteiger partial charge in [-0.2, -0.15) is 13.2 Å². The maximum atomic E-state index is 13.3. The molecule has 4 N–H and O–H groups in total. The molecule has 1 aromatic heterocycles. The Balaban J connectivity index is 1.78. The number of halogens is 3. The van der Waals surface area contributed by atoms with Gasteiger partial charge in [0.25, 0.3) is 0 Å². The SMILES string of the molecule is O=C(O)CNC(=O)Nc1ccc(Cc2ccc3[nH]c(=O)cc(C(F)(F)F)c3c2)cc1. The van der Waals surface area contributed by atoms with Crippen molar-refractivity contribution in [2.24, 2.45) is 0 Å². The van der Waals surface area contributed by atoms with Gasteiger partial charge in [-0.25, -0.2) is 4.79 Å². The average molecular weight is 419 g/mol. The van der Waals surface area contributed by atoms with Crippen molar-refractivity contribution in [2.75, 3.05) is 11.9 Å². The van der Waals surface area contributed by atoms with Crippen LogP contribution in [0.3, 0.4) is 0 Å².